The number of carbonyl (C=O) groups excluding carboxylic acids is 1. The summed E-state index contributed by atoms with van der Waals surface area (Å²) in [6.07, 6.45) is 0.0848. The van der Waals surface area contributed by atoms with Gasteiger partial charge in [0.25, 0.3) is 5.56 Å². The molecule has 2 aliphatic rings. The van der Waals surface area contributed by atoms with Crippen molar-refractivity contribution in [1.82, 2.24) is 9.55 Å². The Morgan fingerprint density at radius 1 is 1.26 bits per heavy atom. The second kappa shape index (κ2) is 6.47. The number of aromatic nitrogens is 2. The predicted molar refractivity (Wildman–Crippen MR) is 113 cm³/mol. The largest absolute Gasteiger partial charge is 0.458 e. The standard InChI is InChI=1S/C24H23FN2O4/c1-5-24(30)16-7-19-21-14(9-27(19)22(28)15(16)10-31-23(24)29)20(11(2)3)13-6-12(4)17(25)8-18(13)26-21/h6-8,11,30H,5,9-10H2,1-4H3/t24-/m0/s1. The minimum atomic E-state index is -1.87. The Hall–Kier alpha value is -3.06. The molecule has 0 unspecified atom stereocenters. The zero-order valence-corrected chi connectivity index (χ0v) is 17.9. The van der Waals surface area contributed by atoms with Crippen LogP contribution in [0.15, 0.2) is 23.0 Å². The quantitative estimate of drug-likeness (QED) is 0.499. The summed E-state index contributed by atoms with van der Waals surface area (Å²) in [6.45, 7) is 7.69. The summed E-state index contributed by atoms with van der Waals surface area (Å²) in [5.41, 5.74) is 2.54. The number of esters is 1. The maximum absolute atomic E-state index is 14.3. The first kappa shape index (κ1) is 19.9. The Labute approximate surface area is 178 Å². The van der Waals surface area contributed by atoms with E-state index in [9.17, 15) is 19.1 Å². The van der Waals surface area contributed by atoms with Crippen LogP contribution in [0.5, 0.6) is 0 Å². The molecular formula is C24H23FN2O4. The van der Waals surface area contributed by atoms with Gasteiger partial charge in [0.15, 0.2) is 5.60 Å². The van der Waals surface area contributed by atoms with Crippen molar-refractivity contribution in [3.63, 3.8) is 0 Å². The van der Waals surface area contributed by atoms with Gasteiger partial charge in [-0.1, -0.05) is 20.8 Å². The Balaban J connectivity index is 1.86. The number of benzene rings is 1. The predicted octanol–water partition coefficient (Wildman–Crippen LogP) is 3.65. The van der Waals surface area contributed by atoms with Crippen molar-refractivity contribution >= 4 is 16.9 Å². The molecule has 2 aliphatic heterocycles. The molecule has 1 N–H and O–H groups in total. The van der Waals surface area contributed by atoms with E-state index in [2.05, 4.69) is 13.8 Å². The molecule has 0 saturated heterocycles. The van der Waals surface area contributed by atoms with Crippen LogP contribution in [0, 0.1) is 12.7 Å². The summed E-state index contributed by atoms with van der Waals surface area (Å²) in [7, 11) is 0. The van der Waals surface area contributed by atoms with E-state index in [1.165, 1.54) is 6.07 Å². The summed E-state index contributed by atoms with van der Waals surface area (Å²) < 4.78 is 21.1. The number of ether oxygens (including phenoxy) is 1. The second-order valence-electron chi connectivity index (χ2n) is 8.73. The number of cyclic esters (lactones) is 1. The van der Waals surface area contributed by atoms with Crippen LogP contribution in [0.2, 0.25) is 0 Å². The third kappa shape index (κ3) is 2.56. The monoisotopic (exact) mass is 422 g/mol. The van der Waals surface area contributed by atoms with Crippen LogP contribution in [-0.2, 0) is 28.3 Å². The molecule has 0 saturated carbocycles. The first-order chi connectivity index (χ1) is 14.7. The molecule has 2 aromatic heterocycles. The molecule has 1 aromatic carbocycles. The number of fused-ring (bicyclic) bond motifs is 5. The van der Waals surface area contributed by atoms with Crippen LogP contribution in [0.1, 0.15) is 60.9 Å². The maximum atomic E-state index is 14.3. The normalized spacial score (nSPS) is 19.4. The van der Waals surface area contributed by atoms with Gasteiger partial charge in [0.05, 0.1) is 29.0 Å². The lowest BCUT2D eigenvalue weighted by molar-refractivity contribution is -0.172. The first-order valence-corrected chi connectivity index (χ1v) is 10.5. The fourth-order valence-corrected chi connectivity index (χ4v) is 4.90. The van der Waals surface area contributed by atoms with Gasteiger partial charge in [0.2, 0.25) is 0 Å². The molecule has 0 fully saturated rings. The summed E-state index contributed by atoms with van der Waals surface area (Å²) in [6, 6.07) is 4.92. The number of carbonyl (C=O) groups is 1. The van der Waals surface area contributed by atoms with Gasteiger partial charge in [-0.25, -0.2) is 14.2 Å². The van der Waals surface area contributed by atoms with Crippen molar-refractivity contribution in [2.45, 2.75) is 58.8 Å². The SMILES string of the molecule is CC[C@@]1(O)C(=O)OCc2c1cc1n(c2=O)Cc2c-1nc1cc(F)c(C)cc1c2C(C)C. The van der Waals surface area contributed by atoms with Crippen LogP contribution in [0.4, 0.5) is 4.39 Å². The van der Waals surface area contributed by atoms with Crippen LogP contribution in [0.25, 0.3) is 22.3 Å². The molecule has 6 nitrogen and oxygen atoms in total. The van der Waals surface area contributed by atoms with E-state index < -0.39 is 11.6 Å². The molecule has 7 heteroatoms. The van der Waals surface area contributed by atoms with Crippen LogP contribution in [-0.4, -0.2) is 20.6 Å². The van der Waals surface area contributed by atoms with Crippen molar-refractivity contribution in [2.75, 3.05) is 0 Å². The van der Waals surface area contributed by atoms with Crippen LogP contribution >= 0.6 is 0 Å². The minimum Gasteiger partial charge on any atom is -0.458 e. The van der Waals surface area contributed by atoms with Gasteiger partial charge in [-0.05, 0) is 42.5 Å². The van der Waals surface area contributed by atoms with Gasteiger partial charge in [-0.3, -0.25) is 4.79 Å². The van der Waals surface area contributed by atoms with E-state index in [1.807, 2.05) is 6.07 Å². The molecule has 31 heavy (non-hydrogen) atoms. The zero-order valence-electron chi connectivity index (χ0n) is 17.9. The van der Waals surface area contributed by atoms with Crippen LogP contribution in [0.3, 0.4) is 0 Å². The van der Waals surface area contributed by atoms with E-state index in [-0.39, 0.29) is 41.4 Å². The molecule has 0 aliphatic carbocycles. The molecule has 0 spiro atoms. The average molecular weight is 422 g/mol. The van der Waals surface area contributed by atoms with E-state index >= 15 is 0 Å². The molecule has 0 bridgehead atoms. The van der Waals surface area contributed by atoms with E-state index in [0.29, 0.717) is 29.0 Å². The maximum Gasteiger partial charge on any atom is 0.343 e. The third-order valence-electron chi connectivity index (χ3n) is 6.59. The zero-order chi connectivity index (χ0) is 22.2. The lowest BCUT2D eigenvalue weighted by atomic mass is 9.86. The van der Waals surface area contributed by atoms with E-state index in [0.717, 1.165) is 16.5 Å². The molecule has 1 atom stereocenters. The summed E-state index contributed by atoms with van der Waals surface area (Å²) >= 11 is 0. The Kier molecular flexibility index (Phi) is 4.15. The van der Waals surface area contributed by atoms with Crippen molar-refractivity contribution in [2.24, 2.45) is 0 Å². The fraction of sp³-hybridized carbons (Fsp3) is 0.375. The van der Waals surface area contributed by atoms with Gasteiger partial charge in [0, 0.05) is 22.6 Å². The first-order valence-electron chi connectivity index (χ1n) is 10.5. The lowest BCUT2D eigenvalue weighted by Gasteiger charge is -2.31. The van der Waals surface area contributed by atoms with Gasteiger partial charge in [0.1, 0.15) is 12.4 Å². The van der Waals surface area contributed by atoms with Gasteiger partial charge in [-0.15, -0.1) is 0 Å². The molecule has 0 radical (unpaired) electrons. The van der Waals surface area contributed by atoms with Gasteiger partial charge in [-0.2, -0.15) is 0 Å². The highest BCUT2D eigenvalue weighted by atomic mass is 19.1. The van der Waals surface area contributed by atoms with Crippen molar-refractivity contribution < 1.29 is 19.0 Å². The number of aliphatic hydroxyl groups is 1. The molecule has 160 valence electrons. The third-order valence-corrected chi connectivity index (χ3v) is 6.59. The van der Waals surface area contributed by atoms with Gasteiger partial charge < -0.3 is 14.4 Å². The average Bonchev–Trinajstić information content (AvgIpc) is 3.08. The summed E-state index contributed by atoms with van der Waals surface area (Å²) in [5.74, 6) is -0.961. The van der Waals surface area contributed by atoms with Crippen molar-refractivity contribution in [3.8, 4) is 11.4 Å². The Bertz CT molecular complexity index is 1360. The lowest BCUT2D eigenvalue weighted by Crippen LogP contribution is -2.44. The summed E-state index contributed by atoms with van der Waals surface area (Å²) in [4.78, 5) is 30.4. The molecule has 3 aromatic rings. The highest BCUT2D eigenvalue weighted by Gasteiger charge is 2.45. The highest BCUT2D eigenvalue weighted by molar-refractivity contribution is 5.90. The fourth-order valence-electron chi connectivity index (χ4n) is 4.90. The second-order valence-corrected chi connectivity index (χ2v) is 8.73. The highest BCUT2D eigenvalue weighted by Crippen LogP contribution is 2.42. The molecule has 5 rings (SSSR count). The van der Waals surface area contributed by atoms with E-state index in [1.54, 1.807) is 24.5 Å². The van der Waals surface area contributed by atoms with Crippen molar-refractivity contribution in [1.29, 1.82) is 0 Å². The summed E-state index contributed by atoms with van der Waals surface area (Å²) in [5, 5.41) is 11.9. The molecule has 0 amide bonds. The Morgan fingerprint density at radius 2 is 2.00 bits per heavy atom. The Morgan fingerprint density at radius 3 is 2.68 bits per heavy atom. The number of hydrogen-bond donors (Lipinski definition) is 1. The number of rotatable bonds is 2. The number of nitrogens with zero attached hydrogens (tertiary/aromatic N) is 2. The van der Waals surface area contributed by atoms with Crippen LogP contribution < -0.4 is 5.56 Å². The van der Waals surface area contributed by atoms with Gasteiger partial charge >= 0.3 is 5.97 Å². The van der Waals surface area contributed by atoms with E-state index in [4.69, 9.17) is 9.72 Å². The number of aryl methyl sites for hydroxylation is 1. The van der Waals surface area contributed by atoms with Crippen molar-refractivity contribution in [3.05, 3.63) is 62.2 Å². The number of hydrogen-bond acceptors (Lipinski definition) is 5. The number of halogens is 1. The number of pyridine rings is 2. The smallest absolute Gasteiger partial charge is 0.343 e. The topological polar surface area (TPSA) is 81.4 Å². The minimum absolute atomic E-state index is 0.0848. The molecular weight excluding hydrogens is 399 g/mol. The molecule has 4 heterocycles.